The molecule has 2 fully saturated rings. The number of epoxide rings is 2. The summed E-state index contributed by atoms with van der Waals surface area (Å²) in [5, 5.41) is 2.06. The molecule has 2 N–H and O–H groups in total. The average Bonchev–Trinajstić information content (AvgIpc) is 3.94. The summed E-state index contributed by atoms with van der Waals surface area (Å²) < 4.78 is 53.7. The minimum absolute atomic E-state index is 0. The standard InChI is InChI=1S/C20H25O3P.C12H17O4P.2CH4.H2O/c1-4-16(2)17-10-12-19(13-11-17)24(21,18-8-6-5-7-9-18)23-15-20(3)14-22-20;1-3-15-17(13,11-7-5-4-6-8-11)16-10-12(2)9-14-12;;;/h5-13,16H,4,14-15H2,1-3H3;4-8H,3,9-10H2,1-2H3;2*1H4;1H2. The fourth-order valence-corrected chi connectivity index (χ4v) is 7.84. The smallest absolute Gasteiger partial charge is 0.361 e. The fraction of sp³-hybridized carbons (Fsp3) is 0.471. The lowest BCUT2D eigenvalue weighted by atomic mass is 9.99. The van der Waals surface area contributed by atoms with Gasteiger partial charge in [0, 0.05) is 10.6 Å². The molecule has 2 saturated heterocycles. The van der Waals surface area contributed by atoms with Crippen molar-refractivity contribution in [3.05, 3.63) is 90.5 Å². The van der Waals surface area contributed by atoms with E-state index < -0.39 is 15.0 Å². The Balaban J connectivity index is 0.000000433. The number of hydrogen-bond acceptors (Lipinski definition) is 7. The Kier molecular flexibility index (Phi) is 15.4. The van der Waals surface area contributed by atoms with E-state index in [-0.39, 0.29) is 31.5 Å². The summed E-state index contributed by atoms with van der Waals surface area (Å²) in [4.78, 5) is 0. The molecule has 5 unspecified atom stereocenters. The van der Waals surface area contributed by atoms with E-state index in [0.29, 0.717) is 44.3 Å². The maximum Gasteiger partial charge on any atom is 0.361 e. The van der Waals surface area contributed by atoms with Crippen molar-refractivity contribution in [2.45, 2.75) is 73.0 Å². The van der Waals surface area contributed by atoms with E-state index in [9.17, 15) is 9.13 Å². The monoisotopic (exact) mass is 650 g/mol. The van der Waals surface area contributed by atoms with Crippen LogP contribution in [0.25, 0.3) is 0 Å². The van der Waals surface area contributed by atoms with Gasteiger partial charge in [-0.2, -0.15) is 0 Å². The van der Waals surface area contributed by atoms with Crippen molar-refractivity contribution in [2.24, 2.45) is 0 Å². The van der Waals surface area contributed by atoms with Crippen LogP contribution in [-0.2, 0) is 32.2 Å². The highest BCUT2D eigenvalue weighted by molar-refractivity contribution is 7.74. The van der Waals surface area contributed by atoms with Gasteiger partial charge in [0.25, 0.3) is 7.37 Å². The highest BCUT2D eigenvalue weighted by atomic mass is 31.2. The van der Waals surface area contributed by atoms with Crippen LogP contribution in [0.3, 0.4) is 0 Å². The molecule has 0 radical (unpaired) electrons. The maximum absolute atomic E-state index is 13.8. The molecule has 0 aromatic heterocycles. The third-order valence-corrected chi connectivity index (χ3v) is 11.7. The van der Waals surface area contributed by atoms with Crippen molar-refractivity contribution in [1.82, 2.24) is 0 Å². The zero-order chi connectivity index (χ0) is 29.6. The zero-order valence-corrected chi connectivity index (χ0v) is 26.9. The summed E-state index contributed by atoms with van der Waals surface area (Å²) in [6, 6.07) is 26.5. The van der Waals surface area contributed by atoms with Crippen LogP contribution in [0, 0.1) is 0 Å². The van der Waals surface area contributed by atoms with Crippen LogP contribution in [0.15, 0.2) is 84.9 Å². The molecule has 2 heterocycles. The molecule has 3 aromatic carbocycles. The van der Waals surface area contributed by atoms with Gasteiger partial charge in [0.1, 0.15) is 11.2 Å². The molecule has 8 nitrogen and oxygen atoms in total. The predicted octanol–water partition coefficient (Wildman–Crippen LogP) is 7.03. The van der Waals surface area contributed by atoms with Gasteiger partial charge >= 0.3 is 7.60 Å². The summed E-state index contributed by atoms with van der Waals surface area (Å²) in [6.45, 7) is 12.4. The van der Waals surface area contributed by atoms with Gasteiger partial charge in [-0.25, -0.2) is 0 Å². The molecule has 5 rings (SSSR count). The Labute approximate surface area is 264 Å². The number of ether oxygens (including phenoxy) is 2. The van der Waals surface area contributed by atoms with Gasteiger partial charge in [0.2, 0.25) is 0 Å². The van der Waals surface area contributed by atoms with Crippen LogP contribution in [0.4, 0.5) is 0 Å². The van der Waals surface area contributed by atoms with Gasteiger partial charge in [-0.1, -0.05) is 77.2 Å². The number of rotatable bonds is 13. The summed E-state index contributed by atoms with van der Waals surface area (Å²) in [7, 11) is -6.33. The molecule has 0 bridgehead atoms. The molecule has 2 aliphatic rings. The lowest BCUT2D eigenvalue weighted by molar-refractivity contribution is 0.168. The van der Waals surface area contributed by atoms with Crippen LogP contribution in [0.1, 0.15) is 67.4 Å². The molecular weight excluding hydrogens is 598 g/mol. The van der Waals surface area contributed by atoms with Gasteiger partial charge in [0.15, 0.2) is 0 Å². The lowest BCUT2D eigenvalue weighted by Crippen LogP contribution is -2.23. The highest BCUT2D eigenvalue weighted by Gasteiger charge is 2.43. The second-order valence-corrected chi connectivity index (χ2v) is 15.5. The third-order valence-electron chi connectivity index (χ3n) is 7.25. The first kappa shape index (κ1) is 39.9. The molecule has 0 aliphatic carbocycles. The molecule has 0 saturated carbocycles. The van der Waals surface area contributed by atoms with Crippen LogP contribution in [0.5, 0.6) is 0 Å². The fourth-order valence-electron chi connectivity index (χ4n) is 3.99. The molecule has 246 valence electrons. The van der Waals surface area contributed by atoms with Crippen molar-refractivity contribution in [3.8, 4) is 0 Å². The summed E-state index contributed by atoms with van der Waals surface area (Å²) >= 11 is 0. The van der Waals surface area contributed by atoms with E-state index in [4.69, 9.17) is 23.0 Å². The van der Waals surface area contributed by atoms with Crippen molar-refractivity contribution < 1.29 is 37.7 Å². The van der Waals surface area contributed by atoms with Crippen LogP contribution in [-0.4, -0.2) is 49.7 Å². The Bertz CT molecular complexity index is 1340. The largest absolute Gasteiger partial charge is 0.412 e. The normalized spacial score (nSPS) is 23.0. The van der Waals surface area contributed by atoms with Crippen molar-refractivity contribution in [1.29, 1.82) is 0 Å². The maximum atomic E-state index is 13.8. The Morgan fingerprint density at radius 1 is 0.705 bits per heavy atom. The first-order chi connectivity index (χ1) is 19.5. The molecule has 5 atom stereocenters. The van der Waals surface area contributed by atoms with E-state index in [1.165, 1.54) is 5.56 Å². The minimum atomic E-state index is -3.21. The van der Waals surface area contributed by atoms with Crippen molar-refractivity contribution >= 4 is 30.9 Å². The van der Waals surface area contributed by atoms with E-state index in [1.54, 1.807) is 19.1 Å². The SMILES string of the molecule is C.C.CCC(C)c1ccc(P(=O)(OCC2(C)CO2)c2ccccc2)cc1.CCOP(=O)(OCC1(C)CO1)c1ccccc1.O. The quantitative estimate of drug-likeness (QED) is 0.144. The Morgan fingerprint density at radius 3 is 1.57 bits per heavy atom. The minimum Gasteiger partial charge on any atom is -0.412 e. The van der Waals surface area contributed by atoms with Gasteiger partial charge in [-0.15, -0.1) is 0 Å². The first-order valence-corrected chi connectivity index (χ1v) is 17.3. The predicted molar refractivity (Wildman–Crippen MR) is 181 cm³/mol. The summed E-state index contributed by atoms with van der Waals surface area (Å²) in [6.07, 6.45) is 1.09. The first-order valence-electron chi connectivity index (χ1n) is 14.2. The van der Waals surface area contributed by atoms with Crippen LogP contribution < -0.4 is 15.9 Å². The molecule has 0 spiro atoms. The Morgan fingerprint density at radius 2 is 1.14 bits per heavy atom. The summed E-state index contributed by atoms with van der Waals surface area (Å²) in [5.74, 6) is 0.495. The topological polar surface area (TPSA) is 118 Å². The zero-order valence-electron chi connectivity index (χ0n) is 25.2. The van der Waals surface area contributed by atoms with Gasteiger partial charge in [0.05, 0.1) is 38.3 Å². The van der Waals surface area contributed by atoms with Crippen molar-refractivity contribution in [3.63, 3.8) is 0 Å². The molecule has 3 aromatic rings. The van der Waals surface area contributed by atoms with Crippen LogP contribution >= 0.6 is 15.0 Å². The Hall–Kier alpha value is -2.12. The molecule has 0 amide bonds. The molecule has 10 heteroatoms. The number of benzene rings is 3. The molecule has 2 aliphatic heterocycles. The van der Waals surface area contributed by atoms with E-state index >= 15 is 0 Å². The van der Waals surface area contributed by atoms with Crippen molar-refractivity contribution in [2.75, 3.05) is 33.0 Å². The van der Waals surface area contributed by atoms with Gasteiger partial charge in [-0.05, 0) is 75.1 Å². The van der Waals surface area contributed by atoms with E-state index in [1.807, 2.05) is 74.5 Å². The van der Waals surface area contributed by atoms with Gasteiger partial charge < -0.3 is 28.5 Å². The number of hydrogen-bond donors (Lipinski definition) is 0. The van der Waals surface area contributed by atoms with Gasteiger partial charge in [-0.3, -0.25) is 9.13 Å². The van der Waals surface area contributed by atoms with E-state index in [2.05, 4.69) is 26.0 Å². The average molecular weight is 651 g/mol. The molecule has 44 heavy (non-hydrogen) atoms. The summed E-state index contributed by atoms with van der Waals surface area (Å²) in [5.41, 5.74) is 0.682. The second-order valence-electron chi connectivity index (χ2n) is 11.1. The second kappa shape index (κ2) is 17.0. The third kappa shape index (κ3) is 10.5. The highest BCUT2D eigenvalue weighted by Crippen LogP contribution is 2.49. The lowest BCUT2D eigenvalue weighted by Gasteiger charge is -2.21. The van der Waals surface area contributed by atoms with Crippen LogP contribution in [0.2, 0.25) is 0 Å². The molecular formula is C34H52O8P2. The van der Waals surface area contributed by atoms with E-state index in [0.717, 1.165) is 17.0 Å².